The third kappa shape index (κ3) is 5.23. The fraction of sp³-hybridized carbons (Fsp3) is 0.467. The Balaban J connectivity index is 2.70. The van der Waals surface area contributed by atoms with Crippen LogP contribution in [0.1, 0.15) is 26.3 Å². The lowest BCUT2D eigenvalue weighted by molar-refractivity contribution is 0.343. The summed E-state index contributed by atoms with van der Waals surface area (Å²) in [7, 11) is -5.38. The van der Waals surface area contributed by atoms with Crippen LogP contribution in [-0.4, -0.2) is 22.7 Å². The smallest absolute Gasteiger partial charge is 0.194 e. The quantitative estimate of drug-likeness (QED) is 0.770. The highest BCUT2D eigenvalue weighted by molar-refractivity contribution is 7.94. The zero-order valence-electron chi connectivity index (χ0n) is 12.9. The molecule has 5 heteroatoms. The average molecular weight is 313 g/mol. The summed E-state index contributed by atoms with van der Waals surface area (Å²) >= 11 is 0. The largest absolute Gasteiger partial charge is 0.403 e. The van der Waals surface area contributed by atoms with Crippen molar-refractivity contribution in [3.05, 3.63) is 41.3 Å². The molecule has 3 nitrogen and oxygen atoms in total. The molecule has 0 aliphatic heterocycles. The van der Waals surface area contributed by atoms with E-state index in [9.17, 15) is 8.42 Å². The maximum atomic E-state index is 12.0. The van der Waals surface area contributed by atoms with E-state index in [1.54, 1.807) is 6.08 Å². The van der Waals surface area contributed by atoms with Crippen molar-refractivity contribution in [3.63, 3.8) is 0 Å². The van der Waals surface area contributed by atoms with Gasteiger partial charge in [0.25, 0.3) is 0 Å². The van der Waals surface area contributed by atoms with Crippen LogP contribution in [0.3, 0.4) is 0 Å². The van der Waals surface area contributed by atoms with Crippen molar-refractivity contribution in [1.82, 2.24) is 0 Å². The standard InChI is InChI=1S/C15H24O3SSi/c1-15(2,3)20(4,5)18-13-19(16,17)12-11-14-9-7-6-8-10-14/h6-12H,13H2,1-5H3/b12-11+. The first-order chi connectivity index (χ1) is 9.04. The molecule has 0 bridgehead atoms. The number of hydrogen-bond acceptors (Lipinski definition) is 3. The normalized spacial score (nSPS) is 13.8. The van der Waals surface area contributed by atoms with E-state index >= 15 is 0 Å². The van der Waals surface area contributed by atoms with E-state index in [1.165, 1.54) is 5.41 Å². The Kier molecular flexibility index (Phi) is 5.35. The first kappa shape index (κ1) is 17.1. The molecule has 0 aliphatic rings. The van der Waals surface area contributed by atoms with E-state index in [1.807, 2.05) is 43.4 Å². The lowest BCUT2D eigenvalue weighted by Crippen LogP contribution is -2.41. The average Bonchev–Trinajstić information content (AvgIpc) is 2.34. The molecule has 0 N–H and O–H groups in total. The van der Waals surface area contributed by atoms with Crippen molar-refractivity contribution in [2.75, 3.05) is 5.94 Å². The molecule has 20 heavy (non-hydrogen) atoms. The molecule has 1 rings (SSSR count). The third-order valence-electron chi connectivity index (χ3n) is 3.66. The molecule has 0 spiro atoms. The van der Waals surface area contributed by atoms with Crippen LogP contribution in [0.2, 0.25) is 18.1 Å². The van der Waals surface area contributed by atoms with Gasteiger partial charge in [0.1, 0.15) is 5.94 Å². The number of rotatable bonds is 5. The van der Waals surface area contributed by atoms with Gasteiger partial charge in [0, 0.05) is 5.41 Å². The predicted molar refractivity (Wildman–Crippen MR) is 87.5 cm³/mol. The highest BCUT2D eigenvalue weighted by Crippen LogP contribution is 2.36. The topological polar surface area (TPSA) is 43.4 Å². The Morgan fingerprint density at radius 2 is 1.70 bits per heavy atom. The van der Waals surface area contributed by atoms with Crippen molar-refractivity contribution in [1.29, 1.82) is 0 Å². The van der Waals surface area contributed by atoms with E-state index < -0.39 is 18.2 Å². The molecule has 0 fully saturated rings. The van der Waals surface area contributed by atoms with Gasteiger partial charge in [-0.1, -0.05) is 51.1 Å². The van der Waals surface area contributed by atoms with Crippen LogP contribution in [0.5, 0.6) is 0 Å². The molecule has 0 saturated carbocycles. The number of sulfone groups is 1. The fourth-order valence-electron chi connectivity index (χ4n) is 1.23. The van der Waals surface area contributed by atoms with Crippen molar-refractivity contribution in [2.45, 2.75) is 38.9 Å². The lowest BCUT2D eigenvalue weighted by Gasteiger charge is -2.35. The van der Waals surface area contributed by atoms with E-state index in [2.05, 4.69) is 20.8 Å². The molecule has 1 aromatic carbocycles. The zero-order chi connectivity index (χ0) is 15.4. The maximum absolute atomic E-state index is 12.0. The van der Waals surface area contributed by atoms with Gasteiger partial charge in [-0.3, -0.25) is 0 Å². The van der Waals surface area contributed by atoms with Gasteiger partial charge >= 0.3 is 0 Å². The van der Waals surface area contributed by atoms with Crippen LogP contribution >= 0.6 is 0 Å². The van der Waals surface area contributed by atoms with Gasteiger partial charge in [0.15, 0.2) is 18.2 Å². The maximum Gasteiger partial charge on any atom is 0.194 e. The molecule has 0 aromatic heterocycles. The van der Waals surface area contributed by atoms with Gasteiger partial charge in [-0.15, -0.1) is 0 Å². The van der Waals surface area contributed by atoms with E-state index in [0.29, 0.717) is 0 Å². The highest BCUT2D eigenvalue weighted by atomic mass is 32.2. The van der Waals surface area contributed by atoms with Gasteiger partial charge in [0.05, 0.1) is 0 Å². The minimum Gasteiger partial charge on any atom is -0.403 e. The monoisotopic (exact) mass is 312 g/mol. The third-order valence-corrected chi connectivity index (χ3v) is 9.34. The lowest BCUT2D eigenvalue weighted by atomic mass is 10.2. The van der Waals surface area contributed by atoms with Gasteiger partial charge in [-0.25, -0.2) is 8.42 Å². The first-order valence-corrected chi connectivity index (χ1v) is 11.3. The summed E-state index contributed by atoms with van der Waals surface area (Å²) in [6.07, 6.45) is 1.60. The van der Waals surface area contributed by atoms with Crippen LogP contribution in [-0.2, 0) is 14.3 Å². The van der Waals surface area contributed by atoms with Gasteiger partial charge < -0.3 is 4.43 Å². The second-order valence-corrected chi connectivity index (χ2v) is 13.0. The molecule has 0 amide bonds. The Bertz CT molecular complexity index is 555. The molecular formula is C15H24O3SSi. The van der Waals surface area contributed by atoms with Gasteiger partial charge in [-0.2, -0.15) is 0 Å². The Morgan fingerprint density at radius 3 is 2.20 bits per heavy atom. The van der Waals surface area contributed by atoms with Crippen molar-refractivity contribution >= 4 is 24.2 Å². The predicted octanol–water partition coefficient (Wildman–Crippen LogP) is 4.05. The fourth-order valence-corrected chi connectivity index (χ4v) is 3.94. The summed E-state index contributed by atoms with van der Waals surface area (Å²) in [5.74, 6) is -0.243. The molecule has 0 atom stereocenters. The minimum absolute atomic E-state index is 0.00562. The molecule has 0 radical (unpaired) electrons. The number of hydrogen-bond donors (Lipinski definition) is 0. The molecule has 0 aliphatic carbocycles. The molecule has 1 aromatic rings. The van der Waals surface area contributed by atoms with Crippen molar-refractivity contribution in [3.8, 4) is 0 Å². The van der Waals surface area contributed by atoms with Gasteiger partial charge in [0.2, 0.25) is 0 Å². The first-order valence-electron chi connectivity index (χ1n) is 6.63. The molecule has 0 saturated heterocycles. The minimum atomic E-state index is -3.34. The summed E-state index contributed by atoms with van der Waals surface area (Å²) < 4.78 is 29.7. The second kappa shape index (κ2) is 6.24. The molecule has 0 heterocycles. The summed E-state index contributed by atoms with van der Waals surface area (Å²) in [5.41, 5.74) is 0.864. The van der Waals surface area contributed by atoms with E-state index in [-0.39, 0.29) is 11.0 Å². The van der Waals surface area contributed by atoms with E-state index in [4.69, 9.17) is 4.43 Å². The highest BCUT2D eigenvalue weighted by Gasteiger charge is 2.37. The SMILES string of the molecule is CC(C)(C)[Si](C)(C)OCS(=O)(=O)/C=C/c1ccccc1. The zero-order valence-corrected chi connectivity index (χ0v) is 14.7. The second-order valence-electron chi connectivity index (χ2n) is 6.40. The van der Waals surface area contributed by atoms with Crippen molar-refractivity contribution in [2.24, 2.45) is 0 Å². The summed E-state index contributed by atoms with van der Waals surface area (Å²) in [4.78, 5) is 0. The Labute approximate surface area is 123 Å². The van der Waals surface area contributed by atoms with Crippen molar-refractivity contribution < 1.29 is 12.8 Å². The summed E-state index contributed by atoms with van der Waals surface area (Å²) in [6.45, 7) is 10.4. The summed E-state index contributed by atoms with van der Waals surface area (Å²) in [6, 6.07) is 9.37. The van der Waals surface area contributed by atoms with Crippen LogP contribution in [0.15, 0.2) is 35.7 Å². The Morgan fingerprint density at radius 1 is 1.15 bits per heavy atom. The molecular weight excluding hydrogens is 288 g/mol. The Hall–Kier alpha value is -0.913. The van der Waals surface area contributed by atoms with Crippen LogP contribution in [0.4, 0.5) is 0 Å². The molecule has 0 unspecified atom stereocenters. The van der Waals surface area contributed by atoms with Crippen LogP contribution in [0.25, 0.3) is 6.08 Å². The van der Waals surface area contributed by atoms with Gasteiger partial charge in [-0.05, 0) is 29.8 Å². The summed E-state index contributed by atoms with van der Waals surface area (Å²) in [5, 5.41) is 1.24. The number of benzene rings is 1. The molecule has 112 valence electrons. The van der Waals surface area contributed by atoms with Crippen LogP contribution in [0, 0.1) is 0 Å². The van der Waals surface area contributed by atoms with Crippen LogP contribution < -0.4 is 0 Å². The van der Waals surface area contributed by atoms with E-state index in [0.717, 1.165) is 5.56 Å².